The molecule has 0 saturated carbocycles. The van der Waals surface area contributed by atoms with Crippen LogP contribution < -0.4 is 14.9 Å². The summed E-state index contributed by atoms with van der Waals surface area (Å²) in [5, 5.41) is 5.60. The van der Waals surface area contributed by atoms with Crippen LogP contribution in [0.25, 0.3) is 0 Å². The highest BCUT2D eigenvalue weighted by Crippen LogP contribution is 2.24. The Balaban J connectivity index is 2.32. The number of hydrogen-bond donors (Lipinski definition) is 2. The van der Waals surface area contributed by atoms with Gasteiger partial charge in [0.2, 0.25) is 15.9 Å². The van der Waals surface area contributed by atoms with Gasteiger partial charge in [0, 0.05) is 6.54 Å². The average Bonchev–Trinajstić information content (AvgIpc) is 2.72. The Morgan fingerprint density at radius 1 is 1.03 bits per heavy atom. The van der Waals surface area contributed by atoms with Crippen LogP contribution in [-0.4, -0.2) is 39.1 Å². The van der Waals surface area contributed by atoms with Crippen molar-refractivity contribution in [2.24, 2.45) is 0 Å². The second-order valence-electron chi connectivity index (χ2n) is 7.46. The van der Waals surface area contributed by atoms with Crippen LogP contribution in [0.5, 0.6) is 0 Å². The van der Waals surface area contributed by atoms with Gasteiger partial charge in [0.05, 0.1) is 23.2 Å². The third-order valence-electron chi connectivity index (χ3n) is 4.86. The van der Waals surface area contributed by atoms with E-state index >= 15 is 0 Å². The molecule has 0 aliphatic carbocycles. The van der Waals surface area contributed by atoms with E-state index in [1.807, 2.05) is 13.8 Å². The lowest BCUT2D eigenvalue weighted by molar-refractivity contribution is -0.117. The minimum Gasteiger partial charge on any atom is -0.352 e. The Bertz CT molecular complexity index is 1000. The summed E-state index contributed by atoms with van der Waals surface area (Å²) in [6.45, 7) is 6.23. The molecular formula is C23H31N3O4S. The molecule has 0 heterocycles. The molecule has 0 saturated heterocycles. The average molecular weight is 446 g/mol. The van der Waals surface area contributed by atoms with Gasteiger partial charge in [-0.15, -0.1) is 0 Å². The number of amides is 2. The number of hydrogen-bond acceptors (Lipinski definition) is 4. The molecule has 2 rings (SSSR count). The summed E-state index contributed by atoms with van der Waals surface area (Å²) < 4.78 is 26.3. The van der Waals surface area contributed by atoms with Crippen LogP contribution in [0.3, 0.4) is 0 Å². The Hall–Kier alpha value is -2.87. The van der Waals surface area contributed by atoms with Gasteiger partial charge in [-0.1, -0.05) is 50.1 Å². The molecule has 168 valence electrons. The predicted molar refractivity (Wildman–Crippen MR) is 125 cm³/mol. The van der Waals surface area contributed by atoms with E-state index in [1.165, 1.54) is 0 Å². The van der Waals surface area contributed by atoms with Crippen LogP contribution in [0.4, 0.5) is 11.4 Å². The zero-order valence-electron chi connectivity index (χ0n) is 18.5. The number of aryl methyl sites for hydroxylation is 1. The van der Waals surface area contributed by atoms with Crippen molar-refractivity contribution in [3.05, 3.63) is 59.7 Å². The fraction of sp³-hybridized carbons (Fsp3) is 0.391. The number of sulfonamides is 1. The topological polar surface area (TPSA) is 95.6 Å². The number of nitrogens with zero attached hydrogens (tertiary/aromatic N) is 1. The summed E-state index contributed by atoms with van der Waals surface area (Å²) in [4.78, 5) is 25.7. The molecule has 1 atom stereocenters. The standard InChI is InChI=1S/C23H31N3O4S/c1-5-7-16-24-22(27)19-10-8-9-11-20(19)25-23(28)21(6-2)26(31(4,29)30)18-14-12-17(3)13-15-18/h8-15,21H,5-7,16H2,1-4H3,(H,24,27)(H,25,28)/t21-/m0/s1. The van der Waals surface area contributed by atoms with Crippen molar-refractivity contribution >= 4 is 33.2 Å². The lowest BCUT2D eigenvalue weighted by atomic mass is 10.1. The first-order valence-electron chi connectivity index (χ1n) is 10.4. The van der Waals surface area contributed by atoms with Crippen LogP contribution in [0.15, 0.2) is 48.5 Å². The van der Waals surface area contributed by atoms with E-state index in [-0.39, 0.29) is 12.3 Å². The zero-order chi connectivity index (χ0) is 23.0. The Labute approximate surface area is 184 Å². The van der Waals surface area contributed by atoms with Crippen LogP contribution in [0.2, 0.25) is 0 Å². The van der Waals surface area contributed by atoms with Gasteiger partial charge < -0.3 is 10.6 Å². The van der Waals surface area contributed by atoms with Crippen molar-refractivity contribution in [1.29, 1.82) is 0 Å². The summed E-state index contributed by atoms with van der Waals surface area (Å²) in [7, 11) is -3.73. The van der Waals surface area contributed by atoms with E-state index in [4.69, 9.17) is 0 Å². The highest BCUT2D eigenvalue weighted by molar-refractivity contribution is 7.92. The quantitative estimate of drug-likeness (QED) is 0.545. The number of rotatable bonds is 10. The molecule has 8 heteroatoms. The minimum absolute atomic E-state index is 0.262. The van der Waals surface area contributed by atoms with Gasteiger partial charge in [-0.3, -0.25) is 13.9 Å². The molecule has 2 N–H and O–H groups in total. The number of unbranched alkanes of at least 4 members (excludes halogenated alkanes) is 1. The number of anilines is 2. The fourth-order valence-electron chi connectivity index (χ4n) is 3.23. The minimum atomic E-state index is -3.73. The molecule has 2 amide bonds. The smallest absolute Gasteiger partial charge is 0.253 e. The molecule has 2 aromatic carbocycles. The maximum Gasteiger partial charge on any atom is 0.253 e. The number of carbonyl (C=O) groups excluding carboxylic acids is 2. The van der Waals surface area contributed by atoms with Crippen molar-refractivity contribution in [1.82, 2.24) is 5.32 Å². The lowest BCUT2D eigenvalue weighted by Gasteiger charge is -2.30. The summed E-state index contributed by atoms with van der Waals surface area (Å²) in [5.74, 6) is -0.779. The molecule has 0 fully saturated rings. The Kier molecular flexibility index (Phi) is 8.62. The lowest BCUT2D eigenvalue weighted by Crippen LogP contribution is -2.47. The Morgan fingerprint density at radius 3 is 2.26 bits per heavy atom. The second kappa shape index (κ2) is 10.9. The SMILES string of the molecule is CCCCNC(=O)c1ccccc1NC(=O)[C@H](CC)N(c1ccc(C)cc1)S(C)(=O)=O. The van der Waals surface area contributed by atoms with E-state index in [2.05, 4.69) is 10.6 Å². The van der Waals surface area contributed by atoms with Crippen LogP contribution >= 0.6 is 0 Å². The van der Waals surface area contributed by atoms with E-state index in [0.29, 0.717) is 23.5 Å². The van der Waals surface area contributed by atoms with E-state index in [0.717, 1.165) is 29.0 Å². The molecule has 0 bridgehead atoms. The molecule has 7 nitrogen and oxygen atoms in total. The first-order valence-corrected chi connectivity index (χ1v) is 12.3. The van der Waals surface area contributed by atoms with Gasteiger partial charge in [-0.05, 0) is 44.0 Å². The third-order valence-corrected chi connectivity index (χ3v) is 6.04. The zero-order valence-corrected chi connectivity index (χ0v) is 19.3. The van der Waals surface area contributed by atoms with Crippen LogP contribution in [0.1, 0.15) is 49.0 Å². The fourth-order valence-corrected chi connectivity index (χ4v) is 4.44. The summed E-state index contributed by atoms with van der Waals surface area (Å²) in [5.41, 5.74) is 2.08. The van der Waals surface area contributed by atoms with Crippen molar-refractivity contribution in [2.45, 2.75) is 46.1 Å². The second-order valence-corrected chi connectivity index (χ2v) is 9.32. The van der Waals surface area contributed by atoms with Crippen molar-refractivity contribution in [2.75, 3.05) is 22.4 Å². The van der Waals surface area contributed by atoms with Crippen LogP contribution in [0, 0.1) is 6.92 Å². The number of benzene rings is 2. The predicted octanol–water partition coefficient (Wildman–Crippen LogP) is 3.71. The summed E-state index contributed by atoms with van der Waals surface area (Å²) in [6, 6.07) is 12.7. The molecule has 0 aromatic heterocycles. The summed E-state index contributed by atoms with van der Waals surface area (Å²) in [6.07, 6.45) is 3.16. The molecule has 0 unspecified atom stereocenters. The van der Waals surface area contributed by atoms with Gasteiger partial charge in [-0.2, -0.15) is 0 Å². The van der Waals surface area contributed by atoms with Gasteiger partial charge in [-0.25, -0.2) is 8.42 Å². The number of carbonyl (C=O) groups is 2. The Morgan fingerprint density at radius 2 is 1.68 bits per heavy atom. The van der Waals surface area contributed by atoms with Crippen molar-refractivity contribution < 1.29 is 18.0 Å². The summed E-state index contributed by atoms with van der Waals surface area (Å²) >= 11 is 0. The molecule has 0 spiro atoms. The van der Waals surface area contributed by atoms with Gasteiger partial charge in [0.15, 0.2) is 0 Å². The van der Waals surface area contributed by atoms with Crippen molar-refractivity contribution in [3.8, 4) is 0 Å². The molecule has 31 heavy (non-hydrogen) atoms. The molecule has 0 aliphatic heterocycles. The van der Waals surface area contributed by atoms with Gasteiger partial charge >= 0.3 is 0 Å². The maximum atomic E-state index is 13.2. The molecule has 2 aromatic rings. The van der Waals surface area contributed by atoms with Crippen LogP contribution in [-0.2, 0) is 14.8 Å². The first kappa shape index (κ1) is 24.4. The first-order chi connectivity index (χ1) is 14.7. The van der Waals surface area contributed by atoms with Crippen molar-refractivity contribution in [3.63, 3.8) is 0 Å². The maximum absolute atomic E-state index is 13.2. The highest BCUT2D eigenvalue weighted by atomic mass is 32.2. The van der Waals surface area contributed by atoms with Gasteiger partial charge in [0.1, 0.15) is 6.04 Å². The highest BCUT2D eigenvalue weighted by Gasteiger charge is 2.32. The van der Waals surface area contributed by atoms with E-state index < -0.39 is 22.0 Å². The number of para-hydroxylation sites is 1. The largest absolute Gasteiger partial charge is 0.352 e. The third kappa shape index (κ3) is 6.55. The molecule has 0 radical (unpaired) electrons. The van der Waals surface area contributed by atoms with E-state index in [1.54, 1.807) is 55.5 Å². The number of nitrogens with one attached hydrogen (secondary N) is 2. The molecule has 0 aliphatic rings. The van der Waals surface area contributed by atoms with E-state index in [9.17, 15) is 18.0 Å². The monoisotopic (exact) mass is 445 g/mol. The van der Waals surface area contributed by atoms with Gasteiger partial charge in [0.25, 0.3) is 5.91 Å². The normalized spacial score (nSPS) is 12.1. The molecular weight excluding hydrogens is 414 g/mol.